The van der Waals surface area contributed by atoms with E-state index in [-0.39, 0.29) is 0 Å². The Morgan fingerprint density at radius 1 is 0.250 bits per heavy atom. The Balaban J connectivity index is 1.12. The van der Waals surface area contributed by atoms with E-state index in [4.69, 9.17) is 9.97 Å². The van der Waals surface area contributed by atoms with Crippen LogP contribution < -0.4 is 0 Å². The first kappa shape index (κ1) is 42.2. The summed E-state index contributed by atoms with van der Waals surface area (Å²) in [7, 11) is 0. The number of nitrogens with zero attached hydrogens (tertiary/aromatic N) is 6. The third-order valence-corrected chi connectivity index (χ3v) is 15.5. The van der Waals surface area contributed by atoms with Gasteiger partial charge in [-0.1, -0.05) is 182 Å². The van der Waals surface area contributed by atoms with Crippen molar-refractivity contribution in [1.82, 2.24) is 28.2 Å². The molecule has 16 rings (SSSR count). The molecule has 0 aliphatic rings. The Labute approximate surface area is 436 Å². The molecular weight excluding hydrogens is 925 g/mol. The summed E-state index contributed by atoms with van der Waals surface area (Å²) in [5.74, 6) is 0.664. The van der Waals surface area contributed by atoms with Gasteiger partial charge in [0, 0.05) is 76.8 Å². The van der Waals surface area contributed by atoms with Gasteiger partial charge >= 0.3 is 0 Å². The predicted molar refractivity (Wildman–Crippen MR) is 316 cm³/mol. The standard InChI is InChI=1S/C70H44N6/c1-6-22-45(23-7-1)57-44-58(72-70(71-57)46-24-8-2-9-25-46)56-43-64-55(52-39-41-62-66(68(52)75(64)49-30-14-5-15-31-49)53-33-17-20-36-60(53)73(62)47-26-10-3-11-27-47)42-65(56)76-59-35-19-16-32-50(59)51-38-40-63-67(69(51)76)54-34-18-21-37-61(54)74(63)48-28-12-4-13-29-48/h1-44H. The Kier molecular flexibility index (Phi) is 9.23. The van der Waals surface area contributed by atoms with E-state index in [0.29, 0.717) is 5.82 Å². The molecule has 0 bridgehead atoms. The average Bonchev–Trinajstić information content (AvgIpc) is 4.34. The number of benzene rings is 11. The van der Waals surface area contributed by atoms with Crippen molar-refractivity contribution < 1.29 is 0 Å². The van der Waals surface area contributed by atoms with E-state index in [2.05, 4.69) is 279 Å². The minimum atomic E-state index is 0.664. The second-order valence-electron chi connectivity index (χ2n) is 19.7. The van der Waals surface area contributed by atoms with Crippen LogP contribution in [-0.4, -0.2) is 28.2 Å². The number of hydrogen-bond acceptors (Lipinski definition) is 2. The van der Waals surface area contributed by atoms with E-state index >= 15 is 0 Å². The summed E-state index contributed by atoms with van der Waals surface area (Å²) in [5.41, 5.74) is 18.1. The number of rotatable bonds is 7. The van der Waals surface area contributed by atoms with Crippen LogP contribution in [0.1, 0.15) is 0 Å². The van der Waals surface area contributed by atoms with Crippen LogP contribution in [0.25, 0.3) is 144 Å². The lowest BCUT2D eigenvalue weighted by Crippen LogP contribution is -2.02. The van der Waals surface area contributed by atoms with Crippen LogP contribution in [0.3, 0.4) is 0 Å². The summed E-state index contributed by atoms with van der Waals surface area (Å²) >= 11 is 0. The quantitative estimate of drug-likeness (QED) is 0.160. The SMILES string of the molecule is c1ccc(-c2cc(-c3cc4c(cc3-n3c5ccccc5c5ccc6c(c7ccccc7n6-c6ccccc6)c53)c3ccc5c(c6ccccc6n5-c5ccccc5)c3n4-c3ccccc3)nc(-c3ccccc3)n2)cc1. The van der Waals surface area contributed by atoms with Crippen LogP contribution in [-0.2, 0) is 0 Å². The summed E-state index contributed by atoms with van der Waals surface area (Å²) in [5, 5.41) is 9.46. The van der Waals surface area contributed by atoms with E-state index in [9.17, 15) is 0 Å². The Hall–Kier alpha value is -10.3. The smallest absolute Gasteiger partial charge is 0.160 e. The Morgan fingerprint density at radius 2 is 0.671 bits per heavy atom. The molecule has 76 heavy (non-hydrogen) atoms. The normalized spacial score (nSPS) is 11.9. The van der Waals surface area contributed by atoms with Crippen LogP contribution in [0.2, 0.25) is 0 Å². The summed E-state index contributed by atoms with van der Waals surface area (Å²) < 4.78 is 9.88. The number of hydrogen-bond donors (Lipinski definition) is 0. The van der Waals surface area contributed by atoms with Gasteiger partial charge in [-0.15, -0.1) is 0 Å². The molecule has 354 valence electrons. The fraction of sp³-hybridized carbons (Fsp3) is 0. The minimum absolute atomic E-state index is 0.664. The van der Waals surface area contributed by atoms with E-state index in [0.717, 1.165) is 100 Å². The summed E-state index contributed by atoms with van der Waals surface area (Å²) in [6.45, 7) is 0. The van der Waals surface area contributed by atoms with Crippen molar-refractivity contribution in [2.75, 3.05) is 0 Å². The maximum absolute atomic E-state index is 5.64. The van der Waals surface area contributed by atoms with Crippen molar-refractivity contribution in [3.63, 3.8) is 0 Å². The van der Waals surface area contributed by atoms with E-state index in [1.807, 2.05) is 6.07 Å². The first-order chi connectivity index (χ1) is 37.7. The first-order valence-corrected chi connectivity index (χ1v) is 25.9. The maximum atomic E-state index is 5.64. The fourth-order valence-corrected chi connectivity index (χ4v) is 12.4. The van der Waals surface area contributed by atoms with E-state index < -0.39 is 0 Å². The van der Waals surface area contributed by atoms with Gasteiger partial charge in [0.2, 0.25) is 0 Å². The molecule has 6 heteroatoms. The van der Waals surface area contributed by atoms with Crippen molar-refractivity contribution in [2.45, 2.75) is 0 Å². The third-order valence-electron chi connectivity index (χ3n) is 15.5. The van der Waals surface area contributed by atoms with Gasteiger partial charge in [0.25, 0.3) is 0 Å². The lowest BCUT2D eigenvalue weighted by Gasteiger charge is -2.17. The molecule has 11 aromatic carbocycles. The molecule has 0 spiro atoms. The van der Waals surface area contributed by atoms with Gasteiger partial charge in [-0.05, 0) is 84.9 Å². The van der Waals surface area contributed by atoms with Crippen LogP contribution in [0.5, 0.6) is 0 Å². The van der Waals surface area contributed by atoms with Crippen molar-refractivity contribution in [3.8, 4) is 56.7 Å². The maximum Gasteiger partial charge on any atom is 0.160 e. The number of fused-ring (bicyclic) bond motifs is 14. The largest absolute Gasteiger partial charge is 0.309 e. The van der Waals surface area contributed by atoms with Crippen molar-refractivity contribution in [3.05, 3.63) is 267 Å². The van der Waals surface area contributed by atoms with Crippen LogP contribution in [0.15, 0.2) is 267 Å². The molecule has 0 unspecified atom stereocenters. The lowest BCUT2D eigenvalue weighted by atomic mass is 10.0. The summed E-state index contributed by atoms with van der Waals surface area (Å²) in [4.78, 5) is 11.0. The zero-order valence-electron chi connectivity index (χ0n) is 41.1. The zero-order chi connectivity index (χ0) is 49.8. The highest BCUT2D eigenvalue weighted by molar-refractivity contribution is 6.29. The van der Waals surface area contributed by atoms with Gasteiger partial charge in [-0.25, -0.2) is 9.97 Å². The number of para-hydroxylation sites is 6. The zero-order valence-corrected chi connectivity index (χ0v) is 41.1. The van der Waals surface area contributed by atoms with Crippen LogP contribution in [0, 0.1) is 0 Å². The fourth-order valence-electron chi connectivity index (χ4n) is 12.4. The minimum Gasteiger partial charge on any atom is -0.309 e. The highest BCUT2D eigenvalue weighted by Gasteiger charge is 2.27. The van der Waals surface area contributed by atoms with Gasteiger partial charge in [0.1, 0.15) is 0 Å². The second kappa shape index (κ2) is 16.6. The summed E-state index contributed by atoms with van der Waals surface area (Å²) in [6.07, 6.45) is 0. The monoisotopic (exact) mass is 968 g/mol. The molecule has 6 nitrogen and oxygen atoms in total. The van der Waals surface area contributed by atoms with Gasteiger partial charge in [0.05, 0.1) is 61.2 Å². The summed E-state index contributed by atoms with van der Waals surface area (Å²) in [6, 6.07) is 96.3. The van der Waals surface area contributed by atoms with E-state index in [1.54, 1.807) is 0 Å². The molecule has 0 aliphatic heterocycles. The molecule has 5 heterocycles. The first-order valence-electron chi connectivity index (χ1n) is 25.9. The van der Waals surface area contributed by atoms with Crippen LogP contribution >= 0.6 is 0 Å². The van der Waals surface area contributed by atoms with Gasteiger partial charge in [-0.2, -0.15) is 0 Å². The predicted octanol–water partition coefficient (Wildman–Crippen LogP) is 17.9. The second-order valence-corrected chi connectivity index (χ2v) is 19.7. The molecule has 0 saturated heterocycles. The lowest BCUT2D eigenvalue weighted by molar-refractivity contribution is 1.15. The van der Waals surface area contributed by atoms with Gasteiger partial charge in [0.15, 0.2) is 5.82 Å². The highest BCUT2D eigenvalue weighted by Crippen LogP contribution is 2.48. The van der Waals surface area contributed by atoms with Crippen molar-refractivity contribution in [1.29, 1.82) is 0 Å². The molecule has 0 amide bonds. The van der Waals surface area contributed by atoms with E-state index in [1.165, 1.54) is 37.7 Å². The van der Waals surface area contributed by atoms with Crippen LogP contribution in [0.4, 0.5) is 0 Å². The molecule has 0 saturated carbocycles. The molecule has 5 aromatic heterocycles. The van der Waals surface area contributed by atoms with Gasteiger partial charge in [-0.3, -0.25) is 0 Å². The molecule has 0 aliphatic carbocycles. The number of aromatic nitrogens is 6. The molecule has 0 atom stereocenters. The topological polar surface area (TPSA) is 45.5 Å². The Morgan fingerprint density at radius 3 is 1.22 bits per heavy atom. The molecule has 0 N–H and O–H groups in total. The van der Waals surface area contributed by atoms with Crippen molar-refractivity contribution >= 4 is 87.2 Å². The molecular formula is C70H44N6. The molecule has 16 aromatic rings. The molecule has 0 fully saturated rings. The highest BCUT2D eigenvalue weighted by atomic mass is 15.0. The molecule has 0 radical (unpaired) electrons. The third kappa shape index (κ3) is 6.22. The van der Waals surface area contributed by atoms with Crippen molar-refractivity contribution in [2.24, 2.45) is 0 Å². The Bertz CT molecular complexity index is 4890. The average molecular weight is 969 g/mol. The van der Waals surface area contributed by atoms with Gasteiger partial charge < -0.3 is 18.3 Å².